The standard InChI is InChI=1S/C13H26N4O2/c1-15(2)13(18)12-11-14-3-4-17(12)6-5-16-7-9-19-10-8-16/h12,14H,3-11H2,1-2H3. The molecule has 1 unspecified atom stereocenters. The minimum absolute atomic E-state index is 0.00945. The van der Waals surface area contributed by atoms with Crippen LogP contribution >= 0.6 is 0 Å². The van der Waals surface area contributed by atoms with Gasteiger partial charge in [0.2, 0.25) is 5.91 Å². The minimum atomic E-state index is -0.00945. The molecule has 6 heteroatoms. The smallest absolute Gasteiger partial charge is 0.240 e. The largest absolute Gasteiger partial charge is 0.379 e. The lowest BCUT2D eigenvalue weighted by Crippen LogP contribution is -2.59. The molecular formula is C13H26N4O2. The molecule has 0 aliphatic carbocycles. The van der Waals surface area contributed by atoms with Crippen molar-refractivity contribution in [1.82, 2.24) is 20.0 Å². The molecule has 2 rings (SSSR count). The molecule has 0 aromatic heterocycles. The highest BCUT2D eigenvalue weighted by molar-refractivity contribution is 5.81. The van der Waals surface area contributed by atoms with Crippen LogP contribution in [0.25, 0.3) is 0 Å². The molecule has 0 radical (unpaired) electrons. The third-order valence-electron chi connectivity index (χ3n) is 3.89. The molecule has 2 heterocycles. The van der Waals surface area contributed by atoms with E-state index in [1.807, 2.05) is 14.1 Å². The van der Waals surface area contributed by atoms with Gasteiger partial charge in [0.05, 0.1) is 13.2 Å². The maximum Gasteiger partial charge on any atom is 0.240 e. The van der Waals surface area contributed by atoms with Gasteiger partial charge in [-0.3, -0.25) is 14.6 Å². The van der Waals surface area contributed by atoms with Crippen LogP contribution in [-0.4, -0.2) is 99.8 Å². The molecule has 2 fully saturated rings. The second-order valence-corrected chi connectivity index (χ2v) is 5.44. The molecule has 0 spiro atoms. The van der Waals surface area contributed by atoms with Crippen molar-refractivity contribution in [3.8, 4) is 0 Å². The molecule has 2 aliphatic rings. The fraction of sp³-hybridized carbons (Fsp3) is 0.923. The Morgan fingerprint density at radius 2 is 2.00 bits per heavy atom. The van der Waals surface area contributed by atoms with E-state index in [4.69, 9.17) is 4.74 Å². The second-order valence-electron chi connectivity index (χ2n) is 5.44. The van der Waals surface area contributed by atoms with Crippen molar-refractivity contribution >= 4 is 5.91 Å². The average Bonchev–Trinajstić information content (AvgIpc) is 2.45. The highest BCUT2D eigenvalue weighted by atomic mass is 16.5. The maximum atomic E-state index is 12.2. The van der Waals surface area contributed by atoms with E-state index >= 15 is 0 Å². The molecule has 110 valence electrons. The molecule has 2 aliphatic heterocycles. The number of rotatable bonds is 4. The zero-order chi connectivity index (χ0) is 13.7. The summed E-state index contributed by atoms with van der Waals surface area (Å²) in [5.74, 6) is 0.203. The summed E-state index contributed by atoms with van der Waals surface area (Å²) in [4.78, 5) is 18.6. The van der Waals surface area contributed by atoms with Gasteiger partial charge in [0.1, 0.15) is 6.04 Å². The molecule has 6 nitrogen and oxygen atoms in total. The summed E-state index contributed by atoms with van der Waals surface area (Å²) in [5.41, 5.74) is 0. The molecule has 0 bridgehead atoms. The molecule has 1 N–H and O–H groups in total. The first kappa shape index (κ1) is 14.7. The molecule has 0 saturated carbocycles. The van der Waals surface area contributed by atoms with Crippen molar-refractivity contribution in [1.29, 1.82) is 0 Å². The number of hydrogen-bond donors (Lipinski definition) is 1. The maximum absolute atomic E-state index is 12.2. The number of carbonyl (C=O) groups excluding carboxylic acids is 1. The monoisotopic (exact) mass is 270 g/mol. The summed E-state index contributed by atoms with van der Waals surface area (Å²) in [7, 11) is 3.66. The Labute approximate surface area is 115 Å². The van der Waals surface area contributed by atoms with Gasteiger partial charge in [-0.25, -0.2) is 0 Å². The Hall–Kier alpha value is -0.690. The quantitative estimate of drug-likeness (QED) is 0.687. The number of carbonyl (C=O) groups is 1. The van der Waals surface area contributed by atoms with Crippen LogP contribution in [0.1, 0.15) is 0 Å². The first-order chi connectivity index (χ1) is 9.18. The molecule has 2 saturated heterocycles. The Morgan fingerprint density at radius 1 is 1.26 bits per heavy atom. The van der Waals surface area contributed by atoms with Crippen molar-refractivity contribution in [2.24, 2.45) is 0 Å². The third-order valence-corrected chi connectivity index (χ3v) is 3.89. The average molecular weight is 270 g/mol. The Morgan fingerprint density at radius 3 is 2.68 bits per heavy atom. The van der Waals surface area contributed by atoms with E-state index in [1.54, 1.807) is 4.90 Å². The Kier molecular flexibility index (Phi) is 5.57. The zero-order valence-corrected chi connectivity index (χ0v) is 12.1. The van der Waals surface area contributed by atoms with Gasteiger partial charge in [0.25, 0.3) is 0 Å². The van der Waals surface area contributed by atoms with E-state index in [0.29, 0.717) is 0 Å². The highest BCUT2D eigenvalue weighted by Gasteiger charge is 2.29. The SMILES string of the molecule is CN(C)C(=O)C1CNCCN1CCN1CCOCC1. The summed E-state index contributed by atoms with van der Waals surface area (Å²) in [6.45, 7) is 8.38. The first-order valence-electron chi connectivity index (χ1n) is 7.14. The van der Waals surface area contributed by atoms with Crippen molar-refractivity contribution in [3.63, 3.8) is 0 Å². The van der Waals surface area contributed by atoms with Crippen molar-refractivity contribution in [2.45, 2.75) is 6.04 Å². The van der Waals surface area contributed by atoms with Crippen LogP contribution < -0.4 is 5.32 Å². The van der Waals surface area contributed by atoms with Crippen LogP contribution in [-0.2, 0) is 9.53 Å². The van der Waals surface area contributed by atoms with E-state index in [2.05, 4.69) is 15.1 Å². The lowest BCUT2D eigenvalue weighted by atomic mass is 10.1. The van der Waals surface area contributed by atoms with Crippen molar-refractivity contribution in [3.05, 3.63) is 0 Å². The van der Waals surface area contributed by atoms with Gasteiger partial charge in [-0.15, -0.1) is 0 Å². The summed E-state index contributed by atoms with van der Waals surface area (Å²) < 4.78 is 5.36. The van der Waals surface area contributed by atoms with Crippen LogP contribution in [0.4, 0.5) is 0 Å². The molecule has 0 aromatic carbocycles. The number of piperazine rings is 1. The van der Waals surface area contributed by atoms with E-state index in [1.165, 1.54) is 0 Å². The Balaban J connectivity index is 1.83. The minimum Gasteiger partial charge on any atom is -0.379 e. The number of ether oxygens (including phenoxy) is 1. The summed E-state index contributed by atoms with van der Waals surface area (Å²) >= 11 is 0. The van der Waals surface area contributed by atoms with Gasteiger partial charge in [-0.2, -0.15) is 0 Å². The van der Waals surface area contributed by atoms with Crippen LogP contribution in [0.2, 0.25) is 0 Å². The van der Waals surface area contributed by atoms with Gasteiger partial charge >= 0.3 is 0 Å². The molecular weight excluding hydrogens is 244 g/mol. The molecule has 1 amide bonds. The molecule has 0 aromatic rings. The fourth-order valence-corrected chi connectivity index (χ4v) is 2.65. The number of nitrogens with one attached hydrogen (secondary N) is 1. The fourth-order valence-electron chi connectivity index (χ4n) is 2.65. The summed E-state index contributed by atoms with van der Waals surface area (Å²) in [5, 5.41) is 3.32. The van der Waals surface area contributed by atoms with Gasteiger partial charge in [-0.05, 0) is 0 Å². The van der Waals surface area contributed by atoms with Crippen LogP contribution in [0.3, 0.4) is 0 Å². The first-order valence-corrected chi connectivity index (χ1v) is 7.14. The van der Waals surface area contributed by atoms with Crippen LogP contribution in [0.15, 0.2) is 0 Å². The summed E-state index contributed by atoms with van der Waals surface area (Å²) in [6.07, 6.45) is 0. The van der Waals surface area contributed by atoms with Gasteiger partial charge in [0.15, 0.2) is 0 Å². The van der Waals surface area contributed by atoms with Crippen LogP contribution in [0.5, 0.6) is 0 Å². The van der Waals surface area contributed by atoms with E-state index < -0.39 is 0 Å². The van der Waals surface area contributed by atoms with Gasteiger partial charge < -0.3 is 15.0 Å². The topological polar surface area (TPSA) is 48.1 Å². The third kappa shape index (κ3) is 4.14. The number of likely N-dealkylation sites (N-methyl/N-ethyl adjacent to an activating group) is 1. The lowest BCUT2D eigenvalue weighted by Gasteiger charge is -2.38. The van der Waals surface area contributed by atoms with E-state index in [9.17, 15) is 4.79 Å². The number of amides is 1. The second kappa shape index (κ2) is 7.19. The number of morpholine rings is 1. The van der Waals surface area contributed by atoms with Gasteiger partial charge in [-0.1, -0.05) is 0 Å². The predicted molar refractivity (Wildman–Crippen MR) is 74.2 cm³/mol. The summed E-state index contributed by atoms with van der Waals surface area (Å²) in [6, 6.07) is -0.00945. The van der Waals surface area contributed by atoms with Crippen molar-refractivity contribution < 1.29 is 9.53 Å². The zero-order valence-electron chi connectivity index (χ0n) is 12.1. The van der Waals surface area contributed by atoms with Gasteiger partial charge in [0, 0.05) is 59.9 Å². The molecule has 19 heavy (non-hydrogen) atoms. The van der Waals surface area contributed by atoms with Crippen molar-refractivity contribution in [2.75, 3.05) is 73.1 Å². The number of nitrogens with zero attached hydrogens (tertiary/aromatic N) is 3. The number of hydrogen-bond acceptors (Lipinski definition) is 5. The van der Waals surface area contributed by atoms with E-state index in [0.717, 1.165) is 59.0 Å². The normalized spacial score (nSPS) is 26.3. The predicted octanol–water partition coefficient (Wildman–Crippen LogP) is -1.32. The van der Waals surface area contributed by atoms with E-state index in [-0.39, 0.29) is 11.9 Å². The lowest BCUT2D eigenvalue weighted by molar-refractivity contribution is -0.135. The highest BCUT2D eigenvalue weighted by Crippen LogP contribution is 2.07. The Bertz CT molecular complexity index is 292. The van der Waals surface area contributed by atoms with Crippen LogP contribution in [0, 0.1) is 0 Å². The molecule has 1 atom stereocenters.